The van der Waals surface area contributed by atoms with Crippen LogP contribution < -0.4 is 20.9 Å². The summed E-state index contributed by atoms with van der Waals surface area (Å²) in [6, 6.07) is 5.64. The van der Waals surface area contributed by atoms with Gasteiger partial charge in [0.05, 0.1) is 0 Å². The molecule has 0 saturated heterocycles. The number of carbonyl (C=O) groups is 2. The lowest BCUT2D eigenvalue weighted by atomic mass is 9.96. The summed E-state index contributed by atoms with van der Waals surface area (Å²) in [4.78, 5) is 23.5. The number of hydrogen-bond acceptors (Lipinski definition) is 4. The SMILES string of the molecule is Cc1cccc(OCC(=O)NNC(=S)NC(=O)C(C)(C)C)c1C. The molecule has 0 heterocycles. The molecule has 0 aliphatic rings. The third-order valence-corrected chi connectivity index (χ3v) is 3.34. The Morgan fingerprint density at radius 2 is 1.83 bits per heavy atom. The molecule has 0 fully saturated rings. The van der Waals surface area contributed by atoms with Gasteiger partial charge in [0.25, 0.3) is 5.91 Å². The van der Waals surface area contributed by atoms with Crippen molar-refractivity contribution in [1.82, 2.24) is 16.2 Å². The molecule has 23 heavy (non-hydrogen) atoms. The van der Waals surface area contributed by atoms with E-state index < -0.39 is 11.3 Å². The number of ether oxygens (including phenoxy) is 1. The fourth-order valence-electron chi connectivity index (χ4n) is 1.51. The zero-order valence-electron chi connectivity index (χ0n) is 14.1. The van der Waals surface area contributed by atoms with Crippen LogP contribution in [0.3, 0.4) is 0 Å². The second-order valence-electron chi connectivity index (χ2n) is 6.19. The van der Waals surface area contributed by atoms with E-state index in [0.29, 0.717) is 5.75 Å². The predicted molar refractivity (Wildman–Crippen MR) is 92.9 cm³/mol. The molecule has 2 amide bonds. The molecule has 6 nitrogen and oxygen atoms in total. The first kappa shape index (κ1) is 18.9. The molecule has 0 unspecified atom stereocenters. The van der Waals surface area contributed by atoms with E-state index in [-0.39, 0.29) is 17.6 Å². The molecule has 0 atom stereocenters. The van der Waals surface area contributed by atoms with Crippen LogP contribution in [-0.2, 0) is 9.59 Å². The number of thiocarbonyl (C=S) groups is 1. The molecule has 0 aliphatic heterocycles. The van der Waals surface area contributed by atoms with Crippen molar-refractivity contribution in [2.75, 3.05) is 6.61 Å². The van der Waals surface area contributed by atoms with E-state index in [0.717, 1.165) is 11.1 Å². The van der Waals surface area contributed by atoms with Gasteiger partial charge in [-0.15, -0.1) is 0 Å². The van der Waals surface area contributed by atoms with Crippen molar-refractivity contribution in [1.29, 1.82) is 0 Å². The van der Waals surface area contributed by atoms with Gasteiger partial charge in [-0.2, -0.15) is 0 Å². The second-order valence-corrected chi connectivity index (χ2v) is 6.60. The van der Waals surface area contributed by atoms with Crippen LogP contribution in [0.1, 0.15) is 31.9 Å². The first-order valence-corrected chi connectivity index (χ1v) is 7.61. The zero-order chi connectivity index (χ0) is 17.6. The second kappa shape index (κ2) is 7.92. The van der Waals surface area contributed by atoms with Gasteiger partial charge < -0.3 is 10.1 Å². The van der Waals surface area contributed by atoms with E-state index >= 15 is 0 Å². The van der Waals surface area contributed by atoms with E-state index in [1.807, 2.05) is 26.0 Å². The molecule has 126 valence electrons. The van der Waals surface area contributed by atoms with Crippen LogP contribution in [0, 0.1) is 19.3 Å². The molecule has 1 aromatic carbocycles. The van der Waals surface area contributed by atoms with Crippen molar-refractivity contribution in [3.05, 3.63) is 29.3 Å². The molecule has 0 spiro atoms. The van der Waals surface area contributed by atoms with Gasteiger partial charge in [0.15, 0.2) is 11.7 Å². The standard InChI is InChI=1S/C16H23N3O3S/c1-10-7-6-8-12(11(10)2)22-9-13(20)18-19-15(23)17-14(21)16(3,4)5/h6-8H,9H2,1-5H3,(H,18,20)(H2,17,19,21,23). The van der Waals surface area contributed by atoms with Gasteiger partial charge in [0, 0.05) is 5.41 Å². The summed E-state index contributed by atoms with van der Waals surface area (Å²) in [5.41, 5.74) is 6.35. The number of amides is 2. The molecule has 0 bridgehead atoms. The molecule has 0 radical (unpaired) electrons. The third kappa shape index (κ3) is 6.23. The summed E-state index contributed by atoms with van der Waals surface area (Å²) < 4.78 is 5.46. The predicted octanol–water partition coefficient (Wildman–Crippen LogP) is 1.75. The highest BCUT2D eigenvalue weighted by molar-refractivity contribution is 7.80. The Morgan fingerprint density at radius 1 is 1.17 bits per heavy atom. The smallest absolute Gasteiger partial charge is 0.276 e. The highest BCUT2D eigenvalue weighted by Gasteiger charge is 2.22. The average molecular weight is 337 g/mol. The Morgan fingerprint density at radius 3 is 2.43 bits per heavy atom. The monoisotopic (exact) mass is 337 g/mol. The lowest BCUT2D eigenvalue weighted by molar-refractivity contribution is -0.127. The molecular weight excluding hydrogens is 314 g/mol. The first-order chi connectivity index (χ1) is 10.6. The van der Waals surface area contributed by atoms with Gasteiger partial charge in [-0.05, 0) is 43.3 Å². The van der Waals surface area contributed by atoms with Crippen LogP contribution in [0.4, 0.5) is 0 Å². The summed E-state index contributed by atoms with van der Waals surface area (Å²) in [6.45, 7) is 9.04. The number of rotatable bonds is 3. The zero-order valence-corrected chi connectivity index (χ0v) is 14.9. The summed E-state index contributed by atoms with van der Waals surface area (Å²) >= 11 is 4.93. The van der Waals surface area contributed by atoms with E-state index in [4.69, 9.17) is 17.0 Å². The Kier molecular flexibility index (Phi) is 6.50. The van der Waals surface area contributed by atoms with Crippen molar-refractivity contribution in [2.45, 2.75) is 34.6 Å². The maximum absolute atomic E-state index is 11.7. The first-order valence-electron chi connectivity index (χ1n) is 7.20. The fraction of sp³-hybridized carbons (Fsp3) is 0.438. The number of hydrogen-bond donors (Lipinski definition) is 3. The van der Waals surface area contributed by atoms with Crippen molar-refractivity contribution in [3.8, 4) is 5.75 Å². The Balaban J connectivity index is 2.39. The van der Waals surface area contributed by atoms with Gasteiger partial charge >= 0.3 is 0 Å². The highest BCUT2D eigenvalue weighted by Crippen LogP contribution is 2.20. The van der Waals surface area contributed by atoms with Gasteiger partial charge in [0.2, 0.25) is 5.91 Å². The minimum atomic E-state index is -0.568. The highest BCUT2D eigenvalue weighted by atomic mass is 32.1. The average Bonchev–Trinajstić information content (AvgIpc) is 2.45. The van der Waals surface area contributed by atoms with Crippen molar-refractivity contribution in [3.63, 3.8) is 0 Å². The minimum absolute atomic E-state index is 0.0324. The van der Waals surface area contributed by atoms with Crippen LogP contribution in [0.2, 0.25) is 0 Å². The van der Waals surface area contributed by atoms with E-state index in [1.54, 1.807) is 26.8 Å². The van der Waals surface area contributed by atoms with Crippen LogP contribution >= 0.6 is 12.2 Å². The molecule has 3 N–H and O–H groups in total. The molecule has 0 aromatic heterocycles. The molecule has 0 aliphatic carbocycles. The number of hydrazine groups is 1. The topological polar surface area (TPSA) is 79.5 Å². The normalized spacial score (nSPS) is 10.7. The van der Waals surface area contributed by atoms with Gasteiger partial charge in [-0.1, -0.05) is 32.9 Å². The van der Waals surface area contributed by atoms with Crippen molar-refractivity contribution in [2.24, 2.45) is 5.41 Å². The number of benzene rings is 1. The quantitative estimate of drug-likeness (QED) is 0.578. The Labute approximate surface area is 141 Å². The van der Waals surface area contributed by atoms with Crippen LogP contribution in [0.5, 0.6) is 5.75 Å². The molecule has 1 rings (SSSR count). The van der Waals surface area contributed by atoms with Gasteiger partial charge in [-0.25, -0.2) is 0 Å². The largest absolute Gasteiger partial charge is 0.483 e. The molecule has 1 aromatic rings. The van der Waals surface area contributed by atoms with E-state index in [1.165, 1.54) is 0 Å². The Bertz CT molecular complexity index is 609. The lowest BCUT2D eigenvalue weighted by Crippen LogP contribution is -2.51. The molecule has 7 heteroatoms. The summed E-state index contributed by atoms with van der Waals surface area (Å²) in [7, 11) is 0. The summed E-state index contributed by atoms with van der Waals surface area (Å²) in [6.07, 6.45) is 0. The van der Waals surface area contributed by atoms with Crippen molar-refractivity contribution < 1.29 is 14.3 Å². The minimum Gasteiger partial charge on any atom is -0.483 e. The third-order valence-electron chi connectivity index (χ3n) is 3.14. The number of aryl methyl sites for hydroxylation is 1. The maximum atomic E-state index is 11.7. The summed E-state index contributed by atoms with van der Waals surface area (Å²) in [5, 5.41) is 2.52. The molecular formula is C16H23N3O3S. The molecule has 0 saturated carbocycles. The Hall–Kier alpha value is -2.15. The van der Waals surface area contributed by atoms with Crippen molar-refractivity contribution >= 4 is 29.1 Å². The number of nitrogens with one attached hydrogen (secondary N) is 3. The van der Waals surface area contributed by atoms with E-state index in [2.05, 4.69) is 16.2 Å². The van der Waals surface area contributed by atoms with Crippen LogP contribution in [0.15, 0.2) is 18.2 Å². The van der Waals surface area contributed by atoms with Gasteiger partial charge in [0.1, 0.15) is 5.75 Å². The van der Waals surface area contributed by atoms with Crippen LogP contribution in [0.25, 0.3) is 0 Å². The van der Waals surface area contributed by atoms with Crippen LogP contribution in [-0.4, -0.2) is 23.5 Å². The fourth-order valence-corrected chi connectivity index (χ4v) is 1.65. The van der Waals surface area contributed by atoms with Gasteiger partial charge in [-0.3, -0.25) is 20.4 Å². The van der Waals surface area contributed by atoms with E-state index in [9.17, 15) is 9.59 Å². The number of carbonyl (C=O) groups excluding carboxylic acids is 2. The summed E-state index contributed by atoms with van der Waals surface area (Å²) in [5.74, 6) is 0.0120. The lowest BCUT2D eigenvalue weighted by Gasteiger charge is -2.18. The maximum Gasteiger partial charge on any atom is 0.276 e.